The van der Waals surface area contributed by atoms with Crippen LogP contribution in [0.3, 0.4) is 0 Å². The molecule has 2 aliphatic heterocycles. The van der Waals surface area contributed by atoms with Crippen molar-refractivity contribution in [1.29, 1.82) is 0 Å². The molecule has 2 saturated heterocycles. The number of rotatable bonds is 2. The summed E-state index contributed by atoms with van der Waals surface area (Å²) in [4.78, 5) is 29.4. The highest BCUT2D eigenvalue weighted by atomic mass is 32.2. The van der Waals surface area contributed by atoms with Gasteiger partial charge in [0.1, 0.15) is 5.60 Å². The smallest absolute Gasteiger partial charge is 0.410 e. The number of carbonyl (C=O) groups is 2. The van der Waals surface area contributed by atoms with Crippen molar-refractivity contribution in [2.45, 2.75) is 57.8 Å². The number of benzene rings is 1. The van der Waals surface area contributed by atoms with Crippen molar-refractivity contribution in [2.75, 3.05) is 31.9 Å². The summed E-state index contributed by atoms with van der Waals surface area (Å²) >= 11 is 1.95. The van der Waals surface area contributed by atoms with Crippen LogP contribution in [0, 0.1) is 12.8 Å². The molecule has 0 aromatic heterocycles. The Bertz CT molecular complexity index is 731. The Morgan fingerprint density at radius 2 is 1.83 bits per heavy atom. The van der Waals surface area contributed by atoms with E-state index < -0.39 is 5.60 Å². The predicted molar refractivity (Wildman–Crippen MR) is 118 cm³/mol. The summed E-state index contributed by atoms with van der Waals surface area (Å²) in [6.45, 7) is 10.5. The molecular formula is C23H34N2O3S. The zero-order valence-corrected chi connectivity index (χ0v) is 19.0. The largest absolute Gasteiger partial charge is 0.444 e. The molecule has 1 aromatic rings. The van der Waals surface area contributed by atoms with Gasteiger partial charge in [-0.15, -0.1) is 0 Å². The van der Waals surface area contributed by atoms with Gasteiger partial charge in [0.15, 0.2) is 0 Å². The molecule has 2 heterocycles. The van der Waals surface area contributed by atoms with E-state index in [1.807, 2.05) is 37.4 Å². The lowest BCUT2D eigenvalue weighted by molar-refractivity contribution is -0.136. The van der Waals surface area contributed by atoms with Gasteiger partial charge in [-0.1, -0.05) is 24.3 Å². The third-order valence-electron chi connectivity index (χ3n) is 5.61. The molecule has 2 unspecified atom stereocenters. The van der Waals surface area contributed by atoms with Gasteiger partial charge in [-0.3, -0.25) is 4.79 Å². The minimum atomic E-state index is -0.513. The van der Waals surface area contributed by atoms with Gasteiger partial charge in [0.05, 0.1) is 5.92 Å². The molecule has 2 atom stereocenters. The molecular weight excluding hydrogens is 384 g/mol. The normalized spacial score (nSPS) is 23.4. The fourth-order valence-electron chi connectivity index (χ4n) is 4.12. The molecule has 0 saturated carbocycles. The van der Waals surface area contributed by atoms with Crippen molar-refractivity contribution in [3.8, 4) is 0 Å². The Kier molecular flexibility index (Phi) is 7.14. The molecule has 2 aliphatic rings. The number of piperidine rings is 1. The van der Waals surface area contributed by atoms with Crippen LogP contribution in [0.1, 0.15) is 56.4 Å². The van der Waals surface area contributed by atoms with Gasteiger partial charge in [0, 0.05) is 37.2 Å². The van der Waals surface area contributed by atoms with Crippen molar-refractivity contribution in [3.63, 3.8) is 0 Å². The van der Waals surface area contributed by atoms with Gasteiger partial charge in [0.2, 0.25) is 5.91 Å². The van der Waals surface area contributed by atoms with Crippen LogP contribution >= 0.6 is 11.8 Å². The molecule has 3 rings (SSSR count). The van der Waals surface area contributed by atoms with Crippen LogP contribution in [0.2, 0.25) is 0 Å². The van der Waals surface area contributed by atoms with E-state index in [4.69, 9.17) is 4.74 Å². The fraction of sp³-hybridized carbons (Fsp3) is 0.652. The predicted octanol–water partition coefficient (Wildman–Crippen LogP) is 4.65. The summed E-state index contributed by atoms with van der Waals surface area (Å²) in [6, 6.07) is 8.56. The van der Waals surface area contributed by atoms with Crippen molar-refractivity contribution >= 4 is 23.8 Å². The number of hydrogen-bond donors (Lipinski definition) is 0. The standard InChI is InChI=1S/C23H34N2O3S/c1-17-8-5-6-10-19(17)20-11-13-24(14-15-29-20)21(26)18-9-7-12-25(16-18)22(27)28-23(2,3)4/h5-6,8,10,18,20H,7,9,11-16H2,1-4H3. The number of thioether (sulfide) groups is 1. The molecule has 2 fully saturated rings. The molecule has 2 amide bonds. The first kappa shape index (κ1) is 22.0. The van der Waals surface area contributed by atoms with E-state index in [9.17, 15) is 9.59 Å². The van der Waals surface area contributed by atoms with Gasteiger partial charge in [0.25, 0.3) is 0 Å². The van der Waals surface area contributed by atoms with Gasteiger partial charge in [-0.05, 0) is 58.1 Å². The number of hydrogen-bond acceptors (Lipinski definition) is 4. The third kappa shape index (κ3) is 5.91. The lowest BCUT2D eigenvalue weighted by Crippen LogP contribution is -2.48. The number of ether oxygens (including phenoxy) is 1. The van der Waals surface area contributed by atoms with Crippen molar-refractivity contribution in [1.82, 2.24) is 9.80 Å². The number of likely N-dealkylation sites (tertiary alicyclic amines) is 1. The average molecular weight is 419 g/mol. The first-order valence-electron chi connectivity index (χ1n) is 10.7. The van der Waals surface area contributed by atoms with Crippen molar-refractivity contribution < 1.29 is 14.3 Å². The van der Waals surface area contributed by atoms with Gasteiger partial charge < -0.3 is 14.5 Å². The minimum Gasteiger partial charge on any atom is -0.444 e. The Balaban J connectivity index is 1.58. The van der Waals surface area contributed by atoms with Crippen molar-refractivity contribution in [3.05, 3.63) is 35.4 Å². The Labute approximate surface area is 179 Å². The van der Waals surface area contributed by atoms with Crippen LogP contribution in [0.4, 0.5) is 4.79 Å². The van der Waals surface area contributed by atoms with E-state index >= 15 is 0 Å². The Morgan fingerprint density at radius 1 is 1.07 bits per heavy atom. The first-order valence-corrected chi connectivity index (χ1v) is 11.7. The highest BCUT2D eigenvalue weighted by Gasteiger charge is 2.34. The highest BCUT2D eigenvalue weighted by molar-refractivity contribution is 7.99. The van der Waals surface area contributed by atoms with Gasteiger partial charge >= 0.3 is 6.09 Å². The van der Waals surface area contributed by atoms with Crippen LogP contribution in [0.5, 0.6) is 0 Å². The van der Waals surface area contributed by atoms with E-state index in [0.29, 0.717) is 18.3 Å². The first-order chi connectivity index (χ1) is 13.7. The summed E-state index contributed by atoms with van der Waals surface area (Å²) in [5.74, 6) is 1.04. The second-order valence-electron chi connectivity index (χ2n) is 9.10. The minimum absolute atomic E-state index is 0.115. The van der Waals surface area contributed by atoms with Crippen molar-refractivity contribution in [2.24, 2.45) is 5.92 Å². The summed E-state index contributed by atoms with van der Waals surface area (Å²) < 4.78 is 5.50. The second-order valence-corrected chi connectivity index (χ2v) is 10.4. The maximum absolute atomic E-state index is 13.2. The summed E-state index contributed by atoms with van der Waals surface area (Å²) in [5.41, 5.74) is 2.20. The van der Waals surface area contributed by atoms with Crippen LogP contribution in [-0.4, -0.2) is 59.3 Å². The molecule has 0 bridgehead atoms. The zero-order valence-electron chi connectivity index (χ0n) is 18.1. The van der Waals surface area contributed by atoms with Crippen LogP contribution < -0.4 is 0 Å². The van der Waals surface area contributed by atoms with E-state index in [1.165, 1.54) is 11.1 Å². The zero-order chi connectivity index (χ0) is 21.0. The maximum Gasteiger partial charge on any atom is 0.410 e. The SMILES string of the molecule is Cc1ccccc1C1CCN(C(=O)C2CCCN(C(=O)OC(C)(C)C)C2)CCS1. The lowest BCUT2D eigenvalue weighted by Gasteiger charge is -2.35. The molecule has 5 nitrogen and oxygen atoms in total. The molecule has 160 valence electrons. The van der Waals surface area contributed by atoms with Crippen LogP contribution in [0.15, 0.2) is 24.3 Å². The number of nitrogens with zero attached hydrogens (tertiary/aromatic N) is 2. The average Bonchev–Trinajstić information content (AvgIpc) is 2.93. The van der Waals surface area contributed by atoms with E-state index in [1.54, 1.807) is 4.90 Å². The molecule has 0 radical (unpaired) electrons. The summed E-state index contributed by atoms with van der Waals surface area (Å²) in [7, 11) is 0. The lowest BCUT2D eigenvalue weighted by atomic mass is 9.96. The topological polar surface area (TPSA) is 49.9 Å². The van der Waals surface area contributed by atoms with Gasteiger partial charge in [-0.25, -0.2) is 4.79 Å². The maximum atomic E-state index is 13.2. The Morgan fingerprint density at radius 3 is 2.55 bits per heavy atom. The number of aryl methyl sites for hydroxylation is 1. The second kappa shape index (κ2) is 9.41. The highest BCUT2D eigenvalue weighted by Crippen LogP contribution is 2.36. The Hall–Kier alpha value is -1.69. The third-order valence-corrected chi connectivity index (χ3v) is 6.92. The number of carbonyl (C=O) groups excluding carboxylic acids is 2. The fourth-order valence-corrected chi connectivity index (χ4v) is 5.44. The molecule has 29 heavy (non-hydrogen) atoms. The van der Waals surface area contributed by atoms with Crippen LogP contribution in [0.25, 0.3) is 0 Å². The van der Waals surface area contributed by atoms with E-state index in [-0.39, 0.29) is 17.9 Å². The summed E-state index contributed by atoms with van der Waals surface area (Å²) in [6.07, 6.45) is 2.37. The van der Waals surface area contributed by atoms with E-state index in [2.05, 4.69) is 31.2 Å². The molecule has 0 spiro atoms. The molecule has 0 N–H and O–H groups in total. The van der Waals surface area contributed by atoms with Crippen LogP contribution in [-0.2, 0) is 9.53 Å². The molecule has 6 heteroatoms. The molecule has 0 aliphatic carbocycles. The summed E-state index contributed by atoms with van der Waals surface area (Å²) in [5, 5.41) is 0.443. The monoisotopic (exact) mass is 418 g/mol. The number of amides is 2. The van der Waals surface area contributed by atoms with Gasteiger partial charge in [-0.2, -0.15) is 11.8 Å². The molecule has 1 aromatic carbocycles. The van der Waals surface area contributed by atoms with E-state index in [0.717, 1.165) is 38.1 Å². The quantitative estimate of drug-likeness (QED) is 0.702.